The number of aryl methyl sites for hydroxylation is 1. The topological polar surface area (TPSA) is 26.0 Å². The Labute approximate surface area is 94.7 Å². The molecule has 0 spiro atoms. The highest BCUT2D eigenvalue weighted by molar-refractivity contribution is 5.32. The zero-order valence-corrected chi connectivity index (χ0v) is 9.15. The van der Waals surface area contributed by atoms with Gasteiger partial charge in [-0.3, -0.25) is 0 Å². The summed E-state index contributed by atoms with van der Waals surface area (Å²) in [5, 5.41) is 0. The average Bonchev–Trinajstić information content (AvgIpc) is 2.30. The van der Waals surface area contributed by atoms with E-state index >= 15 is 0 Å². The fourth-order valence-electron chi connectivity index (χ4n) is 1.64. The molecule has 82 valence electrons. The van der Waals surface area contributed by atoms with E-state index in [4.69, 9.17) is 5.73 Å². The zero-order chi connectivity index (χ0) is 11.5. The van der Waals surface area contributed by atoms with E-state index in [1.807, 2.05) is 31.2 Å². The number of halogens is 1. The molecule has 0 bridgehead atoms. The predicted octanol–water partition coefficient (Wildman–Crippen LogP) is 3.18. The molecule has 0 heterocycles. The van der Waals surface area contributed by atoms with Gasteiger partial charge in [-0.25, -0.2) is 4.39 Å². The molecule has 0 aliphatic carbocycles. The summed E-state index contributed by atoms with van der Waals surface area (Å²) in [5.41, 5.74) is 9.26. The van der Waals surface area contributed by atoms with Crippen LogP contribution in [0.4, 0.5) is 4.39 Å². The summed E-state index contributed by atoms with van der Waals surface area (Å²) in [7, 11) is 0. The fraction of sp³-hybridized carbons (Fsp3) is 0.143. The molecular weight excluding hydrogens is 201 g/mol. The standard InChI is InChI=1S/C14H14FN/c1-10-2-4-11(5-3-10)14(16)12-6-8-13(15)9-7-12/h2-9,14H,16H2,1H3/t14-/m0/s1. The maximum Gasteiger partial charge on any atom is 0.123 e. The van der Waals surface area contributed by atoms with Gasteiger partial charge in [-0.2, -0.15) is 0 Å². The lowest BCUT2D eigenvalue weighted by Gasteiger charge is -2.12. The molecule has 0 aliphatic rings. The van der Waals surface area contributed by atoms with Gasteiger partial charge in [0.15, 0.2) is 0 Å². The van der Waals surface area contributed by atoms with Crippen molar-refractivity contribution in [1.29, 1.82) is 0 Å². The van der Waals surface area contributed by atoms with Crippen LogP contribution in [0.5, 0.6) is 0 Å². The minimum Gasteiger partial charge on any atom is -0.320 e. The van der Waals surface area contributed by atoms with E-state index in [9.17, 15) is 4.39 Å². The monoisotopic (exact) mass is 215 g/mol. The second-order valence-corrected chi connectivity index (χ2v) is 3.94. The van der Waals surface area contributed by atoms with E-state index in [-0.39, 0.29) is 11.9 Å². The van der Waals surface area contributed by atoms with E-state index in [0.717, 1.165) is 11.1 Å². The lowest BCUT2D eigenvalue weighted by Crippen LogP contribution is -2.11. The molecule has 0 saturated carbocycles. The first-order chi connectivity index (χ1) is 7.66. The Morgan fingerprint density at radius 3 is 1.81 bits per heavy atom. The third-order valence-corrected chi connectivity index (χ3v) is 2.67. The summed E-state index contributed by atoms with van der Waals surface area (Å²) >= 11 is 0. The molecule has 2 aromatic carbocycles. The summed E-state index contributed by atoms with van der Waals surface area (Å²) in [4.78, 5) is 0. The average molecular weight is 215 g/mol. The van der Waals surface area contributed by atoms with Gasteiger partial charge in [-0.05, 0) is 30.2 Å². The molecule has 0 amide bonds. The Bertz CT molecular complexity index is 414. The summed E-state index contributed by atoms with van der Waals surface area (Å²) in [5.74, 6) is -0.236. The van der Waals surface area contributed by atoms with Gasteiger partial charge in [0, 0.05) is 0 Å². The van der Waals surface area contributed by atoms with E-state index in [1.54, 1.807) is 12.1 Å². The van der Waals surface area contributed by atoms with Gasteiger partial charge in [0.2, 0.25) is 0 Å². The summed E-state index contributed by atoms with van der Waals surface area (Å²) in [6.07, 6.45) is 0. The minimum atomic E-state index is -0.236. The van der Waals surface area contributed by atoms with Crippen LogP contribution in [0.15, 0.2) is 48.5 Å². The van der Waals surface area contributed by atoms with E-state index < -0.39 is 0 Å². The highest BCUT2D eigenvalue weighted by Crippen LogP contribution is 2.19. The predicted molar refractivity (Wildman–Crippen MR) is 63.6 cm³/mol. The lowest BCUT2D eigenvalue weighted by atomic mass is 9.99. The van der Waals surface area contributed by atoms with Crippen LogP contribution in [0.1, 0.15) is 22.7 Å². The van der Waals surface area contributed by atoms with Crippen molar-refractivity contribution < 1.29 is 4.39 Å². The van der Waals surface area contributed by atoms with E-state index in [1.165, 1.54) is 17.7 Å². The number of benzene rings is 2. The Hall–Kier alpha value is -1.67. The number of hydrogen-bond donors (Lipinski definition) is 1. The summed E-state index contributed by atoms with van der Waals surface area (Å²) < 4.78 is 12.8. The van der Waals surface area contributed by atoms with Crippen LogP contribution in [-0.2, 0) is 0 Å². The fourth-order valence-corrected chi connectivity index (χ4v) is 1.64. The number of hydrogen-bond acceptors (Lipinski definition) is 1. The molecule has 2 aromatic rings. The van der Waals surface area contributed by atoms with Crippen LogP contribution < -0.4 is 5.73 Å². The van der Waals surface area contributed by atoms with Crippen LogP contribution in [0.25, 0.3) is 0 Å². The second-order valence-electron chi connectivity index (χ2n) is 3.94. The first-order valence-electron chi connectivity index (χ1n) is 5.24. The van der Waals surface area contributed by atoms with Crippen LogP contribution in [-0.4, -0.2) is 0 Å². The quantitative estimate of drug-likeness (QED) is 0.818. The van der Waals surface area contributed by atoms with Crippen molar-refractivity contribution in [3.8, 4) is 0 Å². The normalized spacial score (nSPS) is 12.4. The van der Waals surface area contributed by atoms with Crippen molar-refractivity contribution in [2.75, 3.05) is 0 Å². The Morgan fingerprint density at radius 2 is 1.31 bits per heavy atom. The largest absolute Gasteiger partial charge is 0.320 e. The molecule has 2 N–H and O–H groups in total. The summed E-state index contributed by atoms with van der Waals surface area (Å²) in [6.45, 7) is 2.03. The van der Waals surface area contributed by atoms with Gasteiger partial charge in [0.05, 0.1) is 6.04 Å². The van der Waals surface area contributed by atoms with Crippen LogP contribution >= 0.6 is 0 Å². The molecule has 0 radical (unpaired) electrons. The van der Waals surface area contributed by atoms with Crippen molar-refractivity contribution in [2.24, 2.45) is 5.73 Å². The van der Waals surface area contributed by atoms with Crippen LogP contribution in [0.3, 0.4) is 0 Å². The lowest BCUT2D eigenvalue weighted by molar-refractivity contribution is 0.626. The van der Waals surface area contributed by atoms with Crippen LogP contribution in [0.2, 0.25) is 0 Å². The first-order valence-corrected chi connectivity index (χ1v) is 5.24. The SMILES string of the molecule is Cc1ccc([C@H](N)c2ccc(F)cc2)cc1. The van der Waals surface area contributed by atoms with E-state index in [0.29, 0.717) is 0 Å². The molecule has 1 nitrogen and oxygen atoms in total. The van der Waals surface area contributed by atoms with Gasteiger partial charge in [-0.1, -0.05) is 42.0 Å². The minimum absolute atomic E-state index is 0.193. The Balaban J connectivity index is 2.28. The molecule has 1 atom stereocenters. The molecule has 0 unspecified atom stereocenters. The molecule has 0 aromatic heterocycles. The third kappa shape index (κ3) is 2.28. The van der Waals surface area contributed by atoms with Crippen molar-refractivity contribution in [1.82, 2.24) is 0 Å². The van der Waals surface area contributed by atoms with Gasteiger partial charge in [-0.15, -0.1) is 0 Å². The van der Waals surface area contributed by atoms with Gasteiger partial charge in [0.25, 0.3) is 0 Å². The Kier molecular flexibility index (Phi) is 3.02. The van der Waals surface area contributed by atoms with Crippen molar-refractivity contribution >= 4 is 0 Å². The van der Waals surface area contributed by atoms with Crippen molar-refractivity contribution in [3.05, 3.63) is 71.0 Å². The first kappa shape index (κ1) is 10.8. The summed E-state index contributed by atoms with van der Waals surface area (Å²) in [6, 6.07) is 14.2. The number of rotatable bonds is 2. The molecular formula is C14H14FN. The maximum atomic E-state index is 12.8. The third-order valence-electron chi connectivity index (χ3n) is 2.67. The smallest absolute Gasteiger partial charge is 0.123 e. The van der Waals surface area contributed by atoms with Gasteiger partial charge >= 0.3 is 0 Å². The molecule has 0 aliphatic heterocycles. The van der Waals surface area contributed by atoms with Crippen LogP contribution in [0, 0.1) is 12.7 Å². The highest BCUT2D eigenvalue weighted by Gasteiger charge is 2.08. The second kappa shape index (κ2) is 4.45. The van der Waals surface area contributed by atoms with Gasteiger partial charge in [0.1, 0.15) is 5.82 Å². The zero-order valence-electron chi connectivity index (χ0n) is 9.15. The van der Waals surface area contributed by atoms with Gasteiger partial charge < -0.3 is 5.73 Å². The van der Waals surface area contributed by atoms with E-state index in [2.05, 4.69) is 0 Å². The highest BCUT2D eigenvalue weighted by atomic mass is 19.1. The van der Waals surface area contributed by atoms with Crippen molar-refractivity contribution in [2.45, 2.75) is 13.0 Å². The van der Waals surface area contributed by atoms with Crippen molar-refractivity contribution in [3.63, 3.8) is 0 Å². The molecule has 0 fully saturated rings. The molecule has 0 saturated heterocycles. The Morgan fingerprint density at radius 1 is 0.875 bits per heavy atom. The molecule has 2 heteroatoms. The molecule has 16 heavy (non-hydrogen) atoms. The molecule has 2 rings (SSSR count). The number of nitrogens with two attached hydrogens (primary N) is 1. The maximum absolute atomic E-state index is 12.8.